The number of nitrogens with one attached hydrogen (secondary N) is 1. The molecule has 28 heavy (non-hydrogen) atoms. The first kappa shape index (κ1) is 17.1. The third-order valence-corrected chi connectivity index (χ3v) is 4.10. The highest BCUT2D eigenvalue weighted by atomic mass is 16.1. The minimum absolute atomic E-state index is 0.318. The van der Waals surface area contributed by atoms with Crippen molar-refractivity contribution in [1.29, 1.82) is 5.26 Å². The van der Waals surface area contributed by atoms with E-state index in [4.69, 9.17) is 0 Å². The molecule has 0 aliphatic rings. The van der Waals surface area contributed by atoms with Gasteiger partial charge in [0.15, 0.2) is 5.82 Å². The smallest absolute Gasteiger partial charge is 0.258 e. The monoisotopic (exact) mass is 366 g/mol. The minimum atomic E-state index is -0.365. The molecule has 1 amide bonds. The number of anilines is 1. The molecule has 0 saturated carbocycles. The van der Waals surface area contributed by atoms with Gasteiger partial charge in [0, 0.05) is 30.4 Å². The van der Waals surface area contributed by atoms with Crippen LogP contribution in [0.4, 0.5) is 5.69 Å². The van der Waals surface area contributed by atoms with Crippen LogP contribution in [-0.2, 0) is 0 Å². The lowest BCUT2D eigenvalue weighted by Crippen LogP contribution is -2.14. The third-order valence-electron chi connectivity index (χ3n) is 4.10. The molecule has 0 unspecified atom stereocenters. The zero-order valence-corrected chi connectivity index (χ0v) is 14.6. The van der Waals surface area contributed by atoms with Crippen molar-refractivity contribution in [2.75, 3.05) is 5.32 Å². The van der Waals surface area contributed by atoms with Crippen molar-refractivity contribution >= 4 is 11.6 Å². The second-order valence-corrected chi connectivity index (χ2v) is 5.93. The van der Waals surface area contributed by atoms with Crippen LogP contribution in [0.2, 0.25) is 0 Å². The molecular formula is C21H14N6O. The summed E-state index contributed by atoms with van der Waals surface area (Å²) < 4.78 is 1.76. The predicted octanol–water partition coefficient (Wildman–Crippen LogP) is 3.45. The zero-order valence-electron chi connectivity index (χ0n) is 14.6. The molecule has 0 atom stereocenters. The lowest BCUT2D eigenvalue weighted by atomic mass is 10.1. The SMILES string of the molecule is N#Cc1ccc(-n2ccnc2)c(NC(=O)c2cnc(-c3ccccc3)nc2)c1. The van der Waals surface area contributed by atoms with Crippen molar-refractivity contribution < 1.29 is 4.79 Å². The first-order chi connectivity index (χ1) is 13.7. The summed E-state index contributed by atoms with van der Waals surface area (Å²) >= 11 is 0. The van der Waals surface area contributed by atoms with Crippen molar-refractivity contribution in [2.24, 2.45) is 0 Å². The summed E-state index contributed by atoms with van der Waals surface area (Å²) in [5, 5.41) is 12.0. The van der Waals surface area contributed by atoms with E-state index in [1.54, 1.807) is 41.5 Å². The minimum Gasteiger partial charge on any atom is -0.320 e. The Hall–Kier alpha value is -4.31. The van der Waals surface area contributed by atoms with E-state index in [-0.39, 0.29) is 5.91 Å². The highest BCUT2D eigenvalue weighted by Crippen LogP contribution is 2.23. The van der Waals surface area contributed by atoms with Gasteiger partial charge in [-0.1, -0.05) is 30.3 Å². The van der Waals surface area contributed by atoms with Crippen LogP contribution < -0.4 is 5.32 Å². The zero-order chi connectivity index (χ0) is 19.3. The van der Waals surface area contributed by atoms with Crippen molar-refractivity contribution in [3.8, 4) is 23.1 Å². The maximum atomic E-state index is 12.7. The van der Waals surface area contributed by atoms with Gasteiger partial charge in [-0.15, -0.1) is 0 Å². The standard InChI is InChI=1S/C21H14N6O/c22-11-15-6-7-19(27-9-8-23-14-27)18(10-15)26-21(28)17-12-24-20(25-13-17)16-4-2-1-3-5-16/h1-10,12-14H,(H,26,28). The van der Waals surface area contributed by atoms with Gasteiger partial charge in [0.25, 0.3) is 5.91 Å². The number of nitriles is 1. The van der Waals surface area contributed by atoms with E-state index in [2.05, 4.69) is 26.3 Å². The van der Waals surface area contributed by atoms with Gasteiger partial charge in [-0.2, -0.15) is 5.26 Å². The molecule has 2 aromatic heterocycles. The van der Waals surface area contributed by atoms with E-state index in [0.29, 0.717) is 28.3 Å². The average molecular weight is 366 g/mol. The van der Waals surface area contributed by atoms with Crippen LogP contribution in [0.5, 0.6) is 0 Å². The highest BCUT2D eigenvalue weighted by Gasteiger charge is 2.13. The molecule has 4 rings (SSSR count). The largest absolute Gasteiger partial charge is 0.320 e. The van der Waals surface area contributed by atoms with Crippen LogP contribution in [0.1, 0.15) is 15.9 Å². The van der Waals surface area contributed by atoms with E-state index in [1.165, 1.54) is 12.4 Å². The summed E-state index contributed by atoms with van der Waals surface area (Å²) in [7, 11) is 0. The van der Waals surface area contributed by atoms with Gasteiger partial charge in [0.2, 0.25) is 0 Å². The van der Waals surface area contributed by atoms with Gasteiger partial charge in [0.1, 0.15) is 0 Å². The van der Waals surface area contributed by atoms with Gasteiger partial charge in [-0.25, -0.2) is 15.0 Å². The van der Waals surface area contributed by atoms with E-state index in [9.17, 15) is 10.1 Å². The number of benzene rings is 2. The van der Waals surface area contributed by atoms with Gasteiger partial charge < -0.3 is 9.88 Å². The summed E-state index contributed by atoms with van der Waals surface area (Å²) in [4.78, 5) is 25.3. The molecule has 0 radical (unpaired) electrons. The molecule has 0 fully saturated rings. The first-order valence-electron chi connectivity index (χ1n) is 8.46. The van der Waals surface area contributed by atoms with Gasteiger partial charge in [-0.05, 0) is 18.2 Å². The summed E-state index contributed by atoms with van der Waals surface area (Å²) in [6, 6.07) is 16.7. The molecule has 2 aromatic carbocycles. The molecule has 134 valence electrons. The second kappa shape index (κ2) is 7.51. The lowest BCUT2D eigenvalue weighted by molar-refractivity contribution is 0.102. The summed E-state index contributed by atoms with van der Waals surface area (Å²) in [5.41, 5.74) is 2.83. The fourth-order valence-corrected chi connectivity index (χ4v) is 2.71. The van der Waals surface area contributed by atoms with Crippen LogP contribution in [-0.4, -0.2) is 25.4 Å². The number of carbonyl (C=O) groups is 1. The molecule has 0 aliphatic carbocycles. The van der Waals surface area contributed by atoms with Crippen LogP contribution in [0.15, 0.2) is 79.6 Å². The van der Waals surface area contributed by atoms with E-state index in [0.717, 1.165) is 5.56 Å². The molecule has 4 aromatic rings. The Balaban J connectivity index is 1.61. The molecule has 0 spiro atoms. The number of aromatic nitrogens is 4. The van der Waals surface area contributed by atoms with Crippen LogP contribution in [0, 0.1) is 11.3 Å². The molecule has 0 bridgehead atoms. The maximum absolute atomic E-state index is 12.7. The fourth-order valence-electron chi connectivity index (χ4n) is 2.71. The Labute approximate surface area is 161 Å². The molecule has 7 nitrogen and oxygen atoms in total. The molecular weight excluding hydrogens is 352 g/mol. The van der Waals surface area contributed by atoms with Crippen molar-refractivity contribution in [3.05, 3.63) is 90.8 Å². The van der Waals surface area contributed by atoms with Gasteiger partial charge in [0.05, 0.1) is 34.9 Å². The van der Waals surface area contributed by atoms with Gasteiger partial charge in [-0.3, -0.25) is 4.79 Å². The molecule has 2 heterocycles. The fraction of sp³-hybridized carbons (Fsp3) is 0. The number of hydrogen-bond donors (Lipinski definition) is 1. The third kappa shape index (κ3) is 3.48. The lowest BCUT2D eigenvalue weighted by Gasteiger charge is -2.12. The summed E-state index contributed by atoms with van der Waals surface area (Å²) in [6.07, 6.45) is 7.98. The van der Waals surface area contributed by atoms with Crippen LogP contribution in [0.3, 0.4) is 0 Å². The highest BCUT2D eigenvalue weighted by molar-refractivity contribution is 6.05. The molecule has 0 saturated heterocycles. The van der Waals surface area contributed by atoms with E-state index in [1.807, 2.05) is 30.3 Å². The predicted molar refractivity (Wildman–Crippen MR) is 104 cm³/mol. The first-order valence-corrected chi connectivity index (χ1v) is 8.46. The second-order valence-electron chi connectivity index (χ2n) is 5.93. The number of rotatable bonds is 4. The normalized spacial score (nSPS) is 10.2. The Morgan fingerprint density at radius 2 is 1.86 bits per heavy atom. The molecule has 0 aliphatic heterocycles. The summed E-state index contributed by atoms with van der Waals surface area (Å²) in [6.45, 7) is 0. The maximum Gasteiger partial charge on any atom is 0.258 e. The Morgan fingerprint density at radius 3 is 2.54 bits per heavy atom. The quantitative estimate of drug-likeness (QED) is 0.597. The average Bonchev–Trinajstić information content (AvgIpc) is 3.29. The number of nitrogens with zero attached hydrogens (tertiary/aromatic N) is 5. The summed E-state index contributed by atoms with van der Waals surface area (Å²) in [5.74, 6) is 0.179. The topological polar surface area (TPSA) is 96.5 Å². The van der Waals surface area contributed by atoms with Gasteiger partial charge >= 0.3 is 0 Å². The Morgan fingerprint density at radius 1 is 1.07 bits per heavy atom. The van der Waals surface area contributed by atoms with Crippen LogP contribution >= 0.6 is 0 Å². The molecule has 1 N–H and O–H groups in total. The van der Waals surface area contributed by atoms with Crippen LogP contribution in [0.25, 0.3) is 17.1 Å². The number of amides is 1. The number of hydrogen-bond acceptors (Lipinski definition) is 5. The van der Waals surface area contributed by atoms with E-state index < -0.39 is 0 Å². The number of imidazole rings is 1. The van der Waals surface area contributed by atoms with Crippen molar-refractivity contribution in [2.45, 2.75) is 0 Å². The molecule has 7 heteroatoms. The Bertz CT molecular complexity index is 1150. The van der Waals surface area contributed by atoms with Crippen molar-refractivity contribution in [3.63, 3.8) is 0 Å². The number of carbonyl (C=O) groups excluding carboxylic acids is 1. The van der Waals surface area contributed by atoms with E-state index >= 15 is 0 Å². The van der Waals surface area contributed by atoms with Crippen molar-refractivity contribution in [1.82, 2.24) is 19.5 Å². The Kier molecular flexibility index (Phi) is 4.59.